The standard InChI is InChI=1S/C13H20N2O2S/c1-9-10(7-12(18-9)13(16)17)8-15(2)11-3-5-14-6-4-11/h7,11,14H,3-6,8H2,1-2H3,(H,16,17). The zero-order chi connectivity index (χ0) is 13.1. The van der Waals surface area contributed by atoms with Crippen LogP contribution in [0.5, 0.6) is 0 Å². The summed E-state index contributed by atoms with van der Waals surface area (Å²) in [7, 11) is 2.13. The van der Waals surface area contributed by atoms with Crippen LogP contribution in [0.3, 0.4) is 0 Å². The fraction of sp³-hybridized carbons (Fsp3) is 0.615. The Balaban J connectivity index is 2.01. The third-order valence-electron chi connectivity index (χ3n) is 3.58. The number of hydrogen-bond donors (Lipinski definition) is 2. The van der Waals surface area contributed by atoms with Crippen LogP contribution in [-0.4, -0.2) is 42.2 Å². The van der Waals surface area contributed by atoms with Gasteiger partial charge in [0.05, 0.1) is 0 Å². The van der Waals surface area contributed by atoms with Gasteiger partial charge in [-0.3, -0.25) is 4.90 Å². The van der Waals surface area contributed by atoms with Crippen molar-refractivity contribution in [3.8, 4) is 0 Å². The Morgan fingerprint density at radius 3 is 2.78 bits per heavy atom. The molecule has 0 aliphatic carbocycles. The summed E-state index contributed by atoms with van der Waals surface area (Å²) >= 11 is 1.37. The van der Waals surface area contributed by atoms with Gasteiger partial charge in [0.25, 0.3) is 0 Å². The summed E-state index contributed by atoms with van der Waals surface area (Å²) in [6.45, 7) is 5.01. The third kappa shape index (κ3) is 3.10. The molecule has 0 saturated carbocycles. The van der Waals surface area contributed by atoms with Crippen LogP contribution < -0.4 is 5.32 Å². The Morgan fingerprint density at radius 2 is 2.22 bits per heavy atom. The first-order valence-electron chi connectivity index (χ1n) is 6.31. The van der Waals surface area contributed by atoms with E-state index in [0.717, 1.165) is 30.1 Å². The van der Waals surface area contributed by atoms with Crippen molar-refractivity contribution in [3.05, 3.63) is 21.4 Å². The highest BCUT2D eigenvalue weighted by atomic mass is 32.1. The molecule has 0 amide bonds. The maximum atomic E-state index is 10.9. The normalized spacial score (nSPS) is 17.3. The van der Waals surface area contributed by atoms with Crippen molar-refractivity contribution >= 4 is 17.3 Å². The molecule has 4 nitrogen and oxygen atoms in total. The fourth-order valence-electron chi connectivity index (χ4n) is 2.43. The maximum Gasteiger partial charge on any atom is 0.345 e. The summed E-state index contributed by atoms with van der Waals surface area (Å²) in [6.07, 6.45) is 2.34. The number of nitrogens with zero attached hydrogens (tertiary/aromatic N) is 1. The second kappa shape index (κ2) is 5.82. The Morgan fingerprint density at radius 1 is 1.56 bits per heavy atom. The molecule has 0 spiro atoms. The van der Waals surface area contributed by atoms with Crippen LogP contribution in [0.25, 0.3) is 0 Å². The summed E-state index contributed by atoms with van der Waals surface area (Å²) in [5, 5.41) is 12.4. The minimum Gasteiger partial charge on any atom is -0.477 e. The largest absolute Gasteiger partial charge is 0.477 e. The van der Waals surface area contributed by atoms with Gasteiger partial charge in [0.2, 0.25) is 0 Å². The van der Waals surface area contributed by atoms with Gasteiger partial charge in [-0.05, 0) is 51.5 Å². The lowest BCUT2D eigenvalue weighted by atomic mass is 10.0. The van der Waals surface area contributed by atoms with Gasteiger partial charge in [-0.1, -0.05) is 0 Å². The zero-order valence-electron chi connectivity index (χ0n) is 10.9. The van der Waals surface area contributed by atoms with E-state index in [0.29, 0.717) is 10.9 Å². The quantitative estimate of drug-likeness (QED) is 0.876. The Hall–Kier alpha value is -0.910. The molecule has 2 heterocycles. The Bertz CT molecular complexity index is 425. The van der Waals surface area contributed by atoms with E-state index >= 15 is 0 Å². The molecule has 0 unspecified atom stereocenters. The monoisotopic (exact) mass is 268 g/mol. The first-order chi connectivity index (χ1) is 8.58. The Labute approximate surface area is 112 Å². The van der Waals surface area contributed by atoms with E-state index in [9.17, 15) is 4.79 Å². The molecule has 0 atom stereocenters. The van der Waals surface area contributed by atoms with E-state index in [1.54, 1.807) is 0 Å². The van der Waals surface area contributed by atoms with E-state index in [4.69, 9.17) is 5.11 Å². The predicted octanol–water partition coefficient (Wildman–Crippen LogP) is 1.94. The molecule has 1 aliphatic rings. The van der Waals surface area contributed by atoms with Crippen LogP contribution in [0.1, 0.15) is 33.0 Å². The molecule has 1 aromatic heterocycles. The molecule has 1 aliphatic heterocycles. The molecular formula is C13H20N2O2S. The molecule has 100 valence electrons. The number of carboxylic acid groups (broad SMARTS) is 1. The van der Waals surface area contributed by atoms with Gasteiger partial charge in [0, 0.05) is 17.5 Å². The third-order valence-corrected chi connectivity index (χ3v) is 4.66. The van der Waals surface area contributed by atoms with E-state index in [1.165, 1.54) is 24.2 Å². The summed E-state index contributed by atoms with van der Waals surface area (Å²) in [6, 6.07) is 2.43. The second-order valence-electron chi connectivity index (χ2n) is 4.89. The van der Waals surface area contributed by atoms with Crippen molar-refractivity contribution in [2.45, 2.75) is 32.4 Å². The zero-order valence-corrected chi connectivity index (χ0v) is 11.7. The number of aromatic carboxylic acids is 1. The lowest BCUT2D eigenvalue weighted by Crippen LogP contribution is -2.40. The number of nitrogens with one attached hydrogen (secondary N) is 1. The van der Waals surface area contributed by atoms with Crippen molar-refractivity contribution in [3.63, 3.8) is 0 Å². The molecule has 0 aromatic carbocycles. The minimum atomic E-state index is -0.820. The molecule has 1 fully saturated rings. The van der Waals surface area contributed by atoms with Gasteiger partial charge in [-0.2, -0.15) is 0 Å². The predicted molar refractivity (Wildman–Crippen MR) is 73.4 cm³/mol. The van der Waals surface area contributed by atoms with E-state index in [-0.39, 0.29) is 0 Å². The number of aryl methyl sites for hydroxylation is 1. The van der Waals surface area contributed by atoms with E-state index in [1.807, 2.05) is 13.0 Å². The van der Waals surface area contributed by atoms with Crippen molar-refractivity contribution in [2.75, 3.05) is 20.1 Å². The maximum absolute atomic E-state index is 10.9. The summed E-state index contributed by atoms with van der Waals surface area (Å²) in [5.74, 6) is -0.820. The van der Waals surface area contributed by atoms with Crippen LogP contribution in [0.15, 0.2) is 6.07 Å². The van der Waals surface area contributed by atoms with Gasteiger partial charge in [0.15, 0.2) is 0 Å². The summed E-state index contributed by atoms with van der Waals surface area (Å²) in [4.78, 5) is 14.9. The van der Waals surface area contributed by atoms with Crippen molar-refractivity contribution in [1.82, 2.24) is 10.2 Å². The summed E-state index contributed by atoms with van der Waals surface area (Å²) in [5.41, 5.74) is 1.15. The lowest BCUT2D eigenvalue weighted by molar-refractivity contribution is 0.0702. The first-order valence-corrected chi connectivity index (χ1v) is 7.13. The van der Waals surface area contributed by atoms with Gasteiger partial charge >= 0.3 is 5.97 Å². The topological polar surface area (TPSA) is 52.6 Å². The molecule has 0 bridgehead atoms. The molecule has 2 N–H and O–H groups in total. The lowest BCUT2D eigenvalue weighted by Gasteiger charge is -2.31. The molecule has 2 rings (SSSR count). The highest BCUT2D eigenvalue weighted by Gasteiger charge is 2.19. The second-order valence-corrected chi connectivity index (χ2v) is 6.15. The number of carboxylic acids is 1. The minimum absolute atomic E-state index is 0.446. The van der Waals surface area contributed by atoms with Gasteiger partial charge < -0.3 is 10.4 Å². The molecule has 1 aromatic rings. The molecule has 5 heteroatoms. The van der Waals surface area contributed by atoms with Crippen LogP contribution >= 0.6 is 11.3 Å². The molecular weight excluding hydrogens is 248 g/mol. The van der Waals surface area contributed by atoms with Crippen LogP contribution in [0.2, 0.25) is 0 Å². The average Bonchev–Trinajstić information content (AvgIpc) is 2.72. The number of hydrogen-bond acceptors (Lipinski definition) is 4. The van der Waals surface area contributed by atoms with E-state index in [2.05, 4.69) is 17.3 Å². The fourth-order valence-corrected chi connectivity index (χ4v) is 3.30. The molecule has 1 saturated heterocycles. The van der Waals surface area contributed by atoms with Crippen molar-refractivity contribution in [1.29, 1.82) is 0 Å². The average molecular weight is 268 g/mol. The smallest absolute Gasteiger partial charge is 0.345 e. The van der Waals surface area contributed by atoms with Crippen LogP contribution in [0, 0.1) is 6.92 Å². The number of carbonyl (C=O) groups is 1. The number of piperidine rings is 1. The SMILES string of the molecule is Cc1sc(C(=O)O)cc1CN(C)C1CCNCC1. The summed E-state index contributed by atoms with van der Waals surface area (Å²) < 4.78 is 0. The van der Waals surface area contributed by atoms with Gasteiger partial charge in [-0.15, -0.1) is 11.3 Å². The number of rotatable bonds is 4. The van der Waals surface area contributed by atoms with Gasteiger partial charge in [-0.25, -0.2) is 4.79 Å². The highest BCUT2D eigenvalue weighted by molar-refractivity contribution is 7.14. The van der Waals surface area contributed by atoms with Crippen molar-refractivity contribution < 1.29 is 9.90 Å². The van der Waals surface area contributed by atoms with Crippen LogP contribution in [0.4, 0.5) is 0 Å². The van der Waals surface area contributed by atoms with Crippen LogP contribution in [-0.2, 0) is 6.54 Å². The van der Waals surface area contributed by atoms with Crippen molar-refractivity contribution in [2.24, 2.45) is 0 Å². The molecule has 18 heavy (non-hydrogen) atoms. The highest BCUT2D eigenvalue weighted by Crippen LogP contribution is 2.24. The molecule has 0 radical (unpaired) electrons. The first kappa shape index (κ1) is 13.5. The Kier molecular flexibility index (Phi) is 4.37. The van der Waals surface area contributed by atoms with Gasteiger partial charge in [0.1, 0.15) is 4.88 Å². The number of thiophene rings is 1. The van der Waals surface area contributed by atoms with E-state index < -0.39 is 5.97 Å².